The van der Waals surface area contributed by atoms with Crippen LogP contribution in [0.2, 0.25) is 5.02 Å². The van der Waals surface area contributed by atoms with E-state index >= 15 is 0 Å². The van der Waals surface area contributed by atoms with Crippen molar-refractivity contribution in [1.29, 1.82) is 0 Å². The molecule has 2 amide bonds. The minimum absolute atomic E-state index is 0.0602. The van der Waals surface area contributed by atoms with Crippen molar-refractivity contribution in [1.82, 2.24) is 10.2 Å². The Bertz CT molecular complexity index is 533. The van der Waals surface area contributed by atoms with Gasteiger partial charge in [-0.05, 0) is 39.1 Å². The fraction of sp³-hybridized carbons (Fsp3) is 0.500. The van der Waals surface area contributed by atoms with E-state index in [1.54, 1.807) is 30.1 Å². The minimum atomic E-state index is -0.0965. The number of halogens is 1. The lowest BCUT2D eigenvalue weighted by Gasteiger charge is -2.19. The number of hydrogen-bond acceptors (Lipinski definition) is 4. The second-order valence-corrected chi connectivity index (χ2v) is 5.31. The molecule has 0 aromatic heterocycles. The molecule has 0 aliphatic rings. The topological polar surface area (TPSA) is 70.7 Å². The Morgan fingerprint density at radius 1 is 1.26 bits per heavy atom. The molecule has 1 rings (SSSR count). The molecular formula is C16H24ClN3O3. The van der Waals surface area contributed by atoms with Crippen LogP contribution in [0, 0.1) is 0 Å². The van der Waals surface area contributed by atoms with E-state index in [0.717, 1.165) is 0 Å². The molecule has 0 saturated heterocycles. The maximum absolute atomic E-state index is 11.9. The van der Waals surface area contributed by atoms with Crippen LogP contribution in [-0.4, -0.2) is 50.0 Å². The third-order valence-corrected chi connectivity index (χ3v) is 3.58. The number of ether oxygens (including phenoxy) is 1. The van der Waals surface area contributed by atoms with E-state index in [4.69, 9.17) is 16.3 Å². The summed E-state index contributed by atoms with van der Waals surface area (Å²) >= 11 is 6.13. The summed E-state index contributed by atoms with van der Waals surface area (Å²) in [4.78, 5) is 25.2. The second-order valence-electron chi connectivity index (χ2n) is 4.90. The number of nitrogens with zero attached hydrogens (tertiary/aromatic N) is 1. The first-order chi connectivity index (χ1) is 11.0. The molecule has 0 unspecified atom stereocenters. The fourth-order valence-corrected chi connectivity index (χ4v) is 2.20. The molecule has 0 atom stereocenters. The van der Waals surface area contributed by atoms with E-state index in [2.05, 4.69) is 10.6 Å². The Morgan fingerprint density at radius 2 is 1.96 bits per heavy atom. The largest absolute Gasteiger partial charge is 0.482 e. The smallest absolute Gasteiger partial charge is 0.260 e. The van der Waals surface area contributed by atoms with Gasteiger partial charge in [-0.15, -0.1) is 0 Å². The number of rotatable bonds is 9. The SMILES string of the molecule is CCN(CC)C(=O)COc1ccc(NC(=O)CCNC)cc1Cl. The van der Waals surface area contributed by atoms with Gasteiger partial charge in [0.1, 0.15) is 5.75 Å². The number of amides is 2. The van der Waals surface area contributed by atoms with E-state index in [1.165, 1.54) is 0 Å². The highest BCUT2D eigenvalue weighted by Gasteiger charge is 2.12. The van der Waals surface area contributed by atoms with Crippen molar-refractivity contribution in [2.75, 3.05) is 38.6 Å². The maximum Gasteiger partial charge on any atom is 0.260 e. The molecule has 0 aliphatic carbocycles. The predicted octanol–water partition coefficient (Wildman–Crippen LogP) is 2.14. The summed E-state index contributed by atoms with van der Waals surface area (Å²) in [5.74, 6) is 0.233. The van der Waals surface area contributed by atoms with Gasteiger partial charge in [-0.1, -0.05) is 11.6 Å². The molecule has 0 bridgehead atoms. The second kappa shape index (κ2) is 10.1. The first-order valence-electron chi connectivity index (χ1n) is 7.66. The Hall–Kier alpha value is -1.79. The molecule has 6 nitrogen and oxygen atoms in total. The van der Waals surface area contributed by atoms with Crippen LogP contribution in [0.5, 0.6) is 5.75 Å². The Kier molecular flexibility index (Phi) is 8.43. The van der Waals surface area contributed by atoms with Crippen LogP contribution in [0.25, 0.3) is 0 Å². The monoisotopic (exact) mass is 341 g/mol. The molecule has 128 valence electrons. The summed E-state index contributed by atoms with van der Waals surface area (Å²) < 4.78 is 5.46. The highest BCUT2D eigenvalue weighted by molar-refractivity contribution is 6.32. The van der Waals surface area contributed by atoms with E-state index in [-0.39, 0.29) is 18.4 Å². The van der Waals surface area contributed by atoms with Crippen LogP contribution in [0.4, 0.5) is 5.69 Å². The number of carbonyl (C=O) groups excluding carboxylic acids is 2. The lowest BCUT2D eigenvalue weighted by atomic mass is 10.3. The quantitative estimate of drug-likeness (QED) is 0.722. The summed E-state index contributed by atoms with van der Waals surface area (Å²) in [5, 5.41) is 6.01. The number of likely N-dealkylation sites (N-methyl/N-ethyl adjacent to an activating group) is 1. The van der Waals surface area contributed by atoms with Gasteiger partial charge in [0.15, 0.2) is 6.61 Å². The van der Waals surface area contributed by atoms with Gasteiger partial charge in [-0.25, -0.2) is 0 Å². The van der Waals surface area contributed by atoms with Gasteiger partial charge in [-0.2, -0.15) is 0 Å². The van der Waals surface area contributed by atoms with Crippen molar-refractivity contribution in [3.05, 3.63) is 23.2 Å². The highest BCUT2D eigenvalue weighted by Crippen LogP contribution is 2.27. The van der Waals surface area contributed by atoms with Gasteiger partial charge in [0.25, 0.3) is 5.91 Å². The van der Waals surface area contributed by atoms with Crippen molar-refractivity contribution in [2.24, 2.45) is 0 Å². The number of nitrogens with one attached hydrogen (secondary N) is 2. The van der Waals surface area contributed by atoms with E-state index in [0.29, 0.717) is 42.5 Å². The molecule has 1 aromatic rings. The van der Waals surface area contributed by atoms with Gasteiger partial charge in [-0.3, -0.25) is 9.59 Å². The molecule has 23 heavy (non-hydrogen) atoms. The minimum Gasteiger partial charge on any atom is -0.482 e. The average Bonchev–Trinajstić information content (AvgIpc) is 2.53. The third-order valence-electron chi connectivity index (χ3n) is 3.28. The summed E-state index contributed by atoms with van der Waals surface area (Å²) in [6.07, 6.45) is 0.380. The molecule has 0 saturated carbocycles. The van der Waals surface area contributed by atoms with E-state index in [9.17, 15) is 9.59 Å². The van der Waals surface area contributed by atoms with Gasteiger partial charge >= 0.3 is 0 Å². The standard InChI is InChI=1S/C16H24ClN3O3/c1-4-20(5-2)16(22)11-23-14-7-6-12(10-13(14)17)19-15(21)8-9-18-3/h6-7,10,18H,4-5,8-9,11H2,1-3H3,(H,19,21). The summed E-state index contributed by atoms with van der Waals surface area (Å²) in [5.41, 5.74) is 0.596. The van der Waals surface area contributed by atoms with Crippen molar-refractivity contribution < 1.29 is 14.3 Å². The lowest BCUT2D eigenvalue weighted by molar-refractivity contribution is -0.133. The number of anilines is 1. The molecule has 1 aromatic carbocycles. The van der Waals surface area contributed by atoms with Crippen molar-refractivity contribution >= 4 is 29.1 Å². The number of carbonyl (C=O) groups is 2. The van der Waals surface area contributed by atoms with Gasteiger partial charge in [0, 0.05) is 31.7 Å². The summed E-state index contributed by atoms with van der Waals surface area (Å²) in [7, 11) is 1.79. The van der Waals surface area contributed by atoms with Crippen molar-refractivity contribution in [2.45, 2.75) is 20.3 Å². The van der Waals surface area contributed by atoms with Gasteiger partial charge in [0.2, 0.25) is 5.91 Å². The Labute approximate surface area is 142 Å². The van der Waals surface area contributed by atoms with Crippen molar-refractivity contribution in [3.63, 3.8) is 0 Å². The van der Waals surface area contributed by atoms with Crippen LogP contribution in [0.3, 0.4) is 0 Å². The molecule has 0 spiro atoms. The van der Waals surface area contributed by atoms with Crippen LogP contribution < -0.4 is 15.4 Å². The Balaban J connectivity index is 2.59. The zero-order chi connectivity index (χ0) is 17.2. The third kappa shape index (κ3) is 6.46. The molecule has 0 radical (unpaired) electrons. The molecule has 0 fully saturated rings. The Morgan fingerprint density at radius 3 is 2.52 bits per heavy atom. The van der Waals surface area contributed by atoms with Crippen LogP contribution >= 0.6 is 11.6 Å². The van der Waals surface area contributed by atoms with Crippen LogP contribution in [0.15, 0.2) is 18.2 Å². The van der Waals surface area contributed by atoms with Crippen LogP contribution in [-0.2, 0) is 9.59 Å². The molecule has 2 N–H and O–H groups in total. The maximum atomic E-state index is 11.9. The molecule has 0 heterocycles. The van der Waals surface area contributed by atoms with Gasteiger partial charge < -0.3 is 20.3 Å². The lowest BCUT2D eigenvalue weighted by Crippen LogP contribution is -2.34. The predicted molar refractivity (Wildman–Crippen MR) is 92.0 cm³/mol. The average molecular weight is 342 g/mol. The van der Waals surface area contributed by atoms with Gasteiger partial charge in [0.05, 0.1) is 5.02 Å². The number of hydrogen-bond donors (Lipinski definition) is 2. The molecule has 0 aliphatic heterocycles. The first kappa shape index (κ1) is 19.3. The summed E-state index contributed by atoms with van der Waals surface area (Å²) in [6, 6.07) is 4.95. The highest BCUT2D eigenvalue weighted by atomic mass is 35.5. The number of benzene rings is 1. The zero-order valence-electron chi connectivity index (χ0n) is 13.8. The van der Waals surface area contributed by atoms with E-state index < -0.39 is 0 Å². The summed E-state index contributed by atoms with van der Waals surface area (Å²) in [6.45, 7) is 5.66. The normalized spacial score (nSPS) is 10.3. The van der Waals surface area contributed by atoms with Crippen molar-refractivity contribution in [3.8, 4) is 5.75 Å². The molecule has 7 heteroatoms. The van der Waals surface area contributed by atoms with E-state index in [1.807, 2.05) is 13.8 Å². The zero-order valence-corrected chi connectivity index (χ0v) is 14.6. The van der Waals surface area contributed by atoms with Crippen LogP contribution in [0.1, 0.15) is 20.3 Å². The molecular weight excluding hydrogens is 318 g/mol. The fourth-order valence-electron chi connectivity index (χ4n) is 1.96. The first-order valence-corrected chi connectivity index (χ1v) is 8.04.